The topological polar surface area (TPSA) is 82.3 Å². The maximum absolute atomic E-state index is 10.4. The number of rotatable bonds is 2. The van der Waals surface area contributed by atoms with E-state index in [0.29, 0.717) is 5.02 Å². The van der Waals surface area contributed by atoms with Gasteiger partial charge in [0.05, 0.1) is 0 Å². The van der Waals surface area contributed by atoms with Crippen LogP contribution in [0.3, 0.4) is 0 Å². The second-order valence-electron chi connectivity index (χ2n) is 1.89. The van der Waals surface area contributed by atoms with Gasteiger partial charge in [0.15, 0.2) is 0 Å². The molecule has 0 aliphatic carbocycles. The van der Waals surface area contributed by atoms with E-state index in [1.54, 1.807) is 0 Å². The molecular formula is C5H5ClN2O3S. The van der Waals surface area contributed by atoms with Gasteiger partial charge < -0.3 is 4.18 Å². The summed E-state index contributed by atoms with van der Waals surface area (Å²) in [4.78, 5) is 3.56. The van der Waals surface area contributed by atoms with E-state index in [9.17, 15) is 8.42 Å². The van der Waals surface area contributed by atoms with Crippen molar-refractivity contribution in [3.05, 3.63) is 23.4 Å². The minimum Gasteiger partial charge on any atom is -0.350 e. The number of pyridine rings is 1. The van der Waals surface area contributed by atoms with Crippen molar-refractivity contribution in [3.63, 3.8) is 0 Å². The monoisotopic (exact) mass is 208 g/mol. The number of hydrogen-bond donors (Lipinski definition) is 1. The zero-order valence-corrected chi connectivity index (χ0v) is 7.34. The van der Waals surface area contributed by atoms with E-state index in [4.69, 9.17) is 11.6 Å². The number of nitrogens with two attached hydrogens (primary N) is 1. The maximum atomic E-state index is 10.4. The number of nitrogens with zero attached hydrogens (tertiary/aromatic N) is 1. The van der Waals surface area contributed by atoms with Crippen LogP contribution in [0.5, 0.6) is 5.88 Å². The zero-order valence-electron chi connectivity index (χ0n) is 5.77. The van der Waals surface area contributed by atoms with Gasteiger partial charge in [0.25, 0.3) is 0 Å². The summed E-state index contributed by atoms with van der Waals surface area (Å²) in [5.74, 6) is -0.148. The van der Waals surface area contributed by atoms with Crippen molar-refractivity contribution in [3.8, 4) is 5.88 Å². The predicted molar refractivity (Wildman–Crippen MR) is 43.0 cm³/mol. The van der Waals surface area contributed by atoms with Gasteiger partial charge >= 0.3 is 10.3 Å². The lowest BCUT2D eigenvalue weighted by Gasteiger charge is -1.99. The van der Waals surface area contributed by atoms with Gasteiger partial charge in [0.2, 0.25) is 5.88 Å². The van der Waals surface area contributed by atoms with Crippen LogP contribution in [-0.2, 0) is 10.3 Å². The maximum Gasteiger partial charge on any atom is 0.381 e. The van der Waals surface area contributed by atoms with Crippen LogP contribution in [0, 0.1) is 0 Å². The van der Waals surface area contributed by atoms with Gasteiger partial charge in [0, 0.05) is 17.3 Å². The molecule has 0 aromatic carbocycles. The van der Waals surface area contributed by atoms with Crippen LogP contribution in [0.25, 0.3) is 0 Å². The van der Waals surface area contributed by atoms with E-state index >= 15 is 0 Å². The molecule has 0 spiro atoms. The fourth-order valence-electron chi connectivity index (χ4n) is 0.550. The van der Waals surface area contributed by atoms with Gasteiger partial charge in [-0.2, -0.15) is 13.6 Å². The molecule has 0 fully saturated rings. The van der Waals surface area contributed by atoms with Gasteiger partial charge in [-0.3, -0.25) is 0 Å². The molecule has 5 nitrogen and oxygen atoms in total. The predicted octanol–water partition coefficient (Wildman–Crippen LogP) is 0.317. The van der Waals surface area contributed by atoms with Crippen LogP contribution in [0.2, 0.25) is 5.02 Å². The number of aromatic nitrogens is 1. The van der Waals surface area contributed by atoms with E-state index in [1.807, 2.05) is 0 Å². The summed E-state index contributed by atoms with van der Waals surface area (Å²) in [6.45, 7) is 0. The van der Waals surface area contributed by atoms with Crippen molar-refractivity contribution in [1.29, 1.82) is 0 Å². The first kappa shape index (κ1) is 9.24. The lowest BCUT2D eigenvalue weighted by atomic mass is 10.5. The van der Waals surface area contributed by atoms with Crippen LogP contribution in [-0.4, -0.2) is 13.4 Å². The number of halogens is 1. The van der Waals surface area contributed by atoms with Gasteiger partial charge in [-0.25, -0.2) is 4.98 Å². The molecule has 0 radical (unpaired) electrons. The molecule has 0 amide bonds. The van der Waals surface area contributed by atoms with Crippen molar-refractivity contribution in [2.45, 2.75) is 0 Å². The Kier molecular flexibility index (Phi) is 2.51. The van der Waals surface area contributed by atoms with Crippen molar-refractivity contribution < 1.29 is 12.6 Å². The van der Waals surface area contributed by atoms with Crippen LogP contribution < -0.4 is 9.32 Å². The Morgan fingerprint density at radius 2 is 2.25 bits per heavy atom. The Labute approximate surface area is 74.4 Å². The first-order chi connectivity index (χ1) is 5.47. The van der Waals surface area contributed by atoms with Gasteiger partial charge in [0.1, 0.15) is 0 Å². The molecule has 12 heavy (non-hydrogen) atoms. The Bertz CT molecular complexity index is 378. The Morgan fingerprint density at radius 1 is 1.58 bits per heavy atom. The fraction of sp³-hybridized carbons (Fsp3) is 0. The molecule has 0 atom stereocenters. The molecule has 1 aromatic heterocycles. The smallest absolute Gasteiger partial charge is 0.350 e. The van der Waals surface area contributed by atoms with Crippen LogP contribution in [0.15, 0.2) is 18.3 Å². The summed E-state index contributed by atoms with van der Waals surface area (Å²) < 4.78 is 25.0. The van der Waals surface area contributed by atoms with E-state index in [2.05, 4.69) is 14.3 Å². The van der Waals surface area contributed by atoms with E-state index in [-0.39, 0.29) is 5.88 Å². The Balaban J connectivity index is 2.91. The highest BCUT2D eigenvalue weighted by Crippen LogP contribution is 2.14. The highest BCUT2D eigenvalue weighted by molar-refractivity contribution is 7.84. The normalized spacial score (nSPS) is 11.2. The van der Waals surface area contributed by atoms with Gasteiger partial charge in [-0.15, -0.1) is 0 Å². The van der Waals surface area contributed by atoms with E-state index < -0.39 is 10.3 Å². The van der Waals surface area contributed by atoms with Crippen LogP contribution in [0.1, 0.15) is 0 Å². The summed E-state index contributed by atoms with van der Waals surface area (Å²) in [7, 11) is -4.02. The molecular weight excluding hydrogens is 204 g/mol. The van der Waals surface area contributed by atoms with Gasteiger partial charge in [-0.1, -0.05) is 11.6 Å². The summed E-state index contributed by atoms with van der Waals surface area (Å²) in [5, 5.41) is 4.91. The van der Waals surface area contributed by atoms with Gasteiger partial charge in [-0.05, 0) is 6.07 Å². The molecule has 0 unspecified atom stereocenters. The molecule has 7 heteroatoms. The van der Waals surface area contributed by atoms with Crippen molar-refractivity contribution in [2.24, 2.45) is 5.14 Å². The fourth-order valence-corrected chi connectivity index (χ4v) is 1.03. The average molecular weight is 209 g/mol. The molecule has 0 saturated carbocycles. The summed E-state index contributed by atoms with van der Waals surface area (Å²) >= 11 is 5.52. The van der Waals surface area contributed by atoms with E-state index in [0.717, 1.165) is 0 Å². The minimum atomic E-state index is -4.02. The highest BCUT2D eigenvalue weighted by Gasteiger charge is 2.05. The van der Waals surface area contributed by atoms with Crippen LogP contribution in [0.4, 0.5) is 0 Å². The molecule has 1 rings (SSSR count). The average Bonchev–Trinajstić information content (AvgIpc) is 1.82. The largest absolute Gasteiger partial charge is 0.381 e. The van der Waals surface area contributed by atoms with Crippen LogP contribution >= 0.6 is 11.6 Å². The Hall–Kier alpha value is -0.850. The quantitative estimate of drug-likeness (QED) is 0.759. The first-order valence-electron chi connectivity index (χ1n) is 2.81. The second kappa shape index (κ2) is 3.26. The summed E-state index contributed by atoms with van der Waals surface area (Å²) in [6.07, 6.45) is 1.31. The molecule has 0 saturated heterocycles. The number of hydrogen-bond acceptors (Lipinski definition) is 4. The standard InChI is InChI=1S/C5H5ClN2O3S/c6-4-1-2-8-5(3-4)11-12(7,9)10/h1-3H,(H2,7,9,10). The molecule has 0 aliphatic heterocycles. The molecule has 1 aromatic rings. The second-order valence-corrected chi connectivity index (χ2v) is 3.48. The minimum absolute atomic E-state index is 0.148. The lowest BCUT2D eigenvalue weighted by Crippen LogP contribution is -2.19. The third-order valence-electron chi connectivity index (χ3n) is 0.898. The molecule has 66 valence electrons. The third-order valence-corrected chi connectivity index (χ3v) is 1.54. The lowest BCUT2D eigenvalue weighted by molar-refractivity contribution is 0.477. The van der Waals surface area contributed by atoms with Crippen molar-refractivity contribution in [2.75, 3.05) is 0 Å². The molecule has 0 bridgehead atoms. The molecule has 0 aliphatic rings. The summed E-state index contributed by atoms with van der Waals surface area (Å²) in [5.41, 5.74) is 0. The third kappa shape index (κ3) is 3.04. The Morgan fingerprint density at radius 3 is 2.75 bits per heavy atom. The molecule has 1 heterocycles. The highest BCUT2D eigenvalue weighted by atomic mass is 35.5. The van der Waals surface area contributed by atoms with Crippen molar-refractivity contribution >= 4 is 21.9 Å². The first-order valence-corrected chi connectivity index (χ1v) is 4.66. The zero-order chi connectivity index (χ0) is 9.19. The summed E-state index contributed by atoms with van der Waals surface area (Å²) in [6, 6.07) is 2.73. The van der Waals surface area contributed by atoms with E-state index in [1.165, 1.54) is 18.3 Å². The molecule has 2 N–H and O–H groups in total. The van der Waals surface area contributed by atoms with Crippen molar-refractivity contribution in [1.82, 2.24) is 4.98 Å². The SMILES string of the molecule is NS(=O)(=O)Oc1cc(Cl)ccn1.